The number of ether oxygens (including phenoxy) is 1. The van der Waals surface area contributed by atoms with Gasteiger partial charge >= 0.3 is 5.97 Å². The topological polar surface area (TPSA) is 49.9 Å². The first-order valence-corrected chi connectivity index (χ1v) is 7.72. The zero-order valence-electron chi connectivity index (χ0n) is 13.1. The lowest BCUT2D eigenvalue weighted by Gasteiger charge is -2.32. The number of nitrogens with zero attached hydrogens (tertiary/aromatic N) is 2. The predicted molar refractivity (Wildman–Crippen MR) is 78.4 cm³/mol. The van der Waals surface area contributed by atoms with E-state index in [1.54, 1.807) is 6.92 Å². The minimum atomic E-state index is -0.262. The fourth-order valence-electron chi connectivity index (χ4n) is 2.64. The summed E-state index contributed by atoms with van der Waals surface area (Å²) in [5.74, 6) is -0.162. The minimum Gasteiger partial charge on any atom is -0.465 e. The molecule has 0 heterocycles. The Morgan fingerprint density at radius 3 is 2.30 bits per heavy atom. The average molecular weight is 284 g/mol. The molecule has 0 N–H and O–H groups in total. The highest BCUT2D eigenvalue weighted by Gasteiger charge is 2.23. The Morgan fingerprint density at radius 2 is 1.75 bits per heavy atom. The Labute approximate surface area is 122 Å². The Bertz CT molecular complexity index is 314. The number of likely N-dealkylation sites (N-methyl/N-ethyl adjacent to an activating group) is 2. The van der Waals surface area contributed by atoms with Gasteiger partial charge in [0.05, 0.1) is 19.7 Å². The minimum absolute atomic E-state index is 0.100. The van der Waals surface area contributed by atoms with Gasteiger partial charge in [-0.15, -0.1) is 0 Å². The van der Waals surface area contributed by atoms with Crippen LogP contribution in [0.25, 0.3) is 0 Å². The molecule has 1 rings (SSSR count). The standard InChI is InChI=1S/C15H28N2O3/c1-4-17(12-15(19)20-5-2)11-14(18)16(3)13-9-7-6-8-10-13/h13H,4-12H2,1-3H3. The van der Waals surface area contributed by atoms with Crippen molar-refractivity contribution in [1.82, 2.24) is 9.80 Å². The van der Waals surface area contributed by atoms with E-state index in [4.69, 9.17) is 4.74 Å². The van der Waals surface area contributed by atoms with E-state index in [1.165, 1.54) is 19.3 Å². The summed E-state index contributed by atoms with van der Waals surface area (Å²) in [6.45, 7) is 5.27. The van der Waals surface area contributed by atoms with Crippen LogP contribution in [-0.4, -0.2) is 61.0 Å². The van der Waals surface area contributed by atoms with Crippen LogP contribution >= 0.6 is 0 Å². The van der Waals surface area contributed by atoms with Crippen molar-refractivity contribution >= 4 is 11.9 Å². The van der Waals surface area contributed by atoms with E-state index >= 15 is 0 Å². The molecule has 0 saturated heterocycles. The van der Waals surface area contributed by atoms with Gasteiger partial charge in [-0.1, -0.05) is 26.2 Å². The highest BCUT2D eigenvalue weighted by molar-refractivity contribution is 5.79. The first-order chi connectivity index (χ1) is 9.58. The number of carbonyl (C=O) groups excluding carboxylic acids is 2. The van der Waals surface area contributed by atoms with Gasteiger partial charge in [0.2, 0.25) is 5.91 Å². The van der Waals surface area contributed by atoms with Gasteiger partial charge in [0.25, 0.3) is 0 Å². The summed E-state index contributed by atoms with van der Waals surface area (Å²) >= 11 is 0. The molecule has 0 unspecified atom stereocenters. The van der Waals surface area contributed by atoms with E-state index in [9.17, 15) is 9.59 Å². The molecule has 20 heavy (non-hydrogen) atoms. The molecule has 0 spiro atoms. The van der Waals surface area contributed by atoms with Gasteiger partial charge in [0.15, 0.2) is 0 Å². The molecule has 0 aliphatic heterocycles. The van der Waals surface area contributed by atoms with E-state index < -0.39 is 0 Å². The van der Waals surface area contributed by atoms with Gasteiger partial charge in [-0.05, 0) is 26.3 Å². The van der Waals surface area contributed by atoms with Crippen LogP contribution in [0.3, 0.4) is 0 Å². The SMILES string of the molecule is CCOC(=O)CN(CC)CC(=O)N(C)C1CCCCC1. The number of hydrogen-bond acceptors (Lipinski definition) is 4. The van der Waals surface area contributed by atoms with E-state index in [1.807, 2.05) is 23.8 Å². The Balaban J connectivity index is 2.42. The molecule has 116 valence electrons. The zero-order valence-corrected chi connectivity index (χ0v) is 13.1. The quantitative estimate of drug-likeness (QED) is 0.667. The van der Waals surface area contributed by atoms with Crippen LogP contribution < -0.4 is 0 Å². The fraction of sp³-hybridized carbons (Fsp3) is 0.867. The summed E-state index contributed by atoms with van der Waals surface area (Å²) < 4.78 is 4.93. The van der Waals surface area contributed by atoms with Crippen molar-refractivity contribution in [3.63, 3.8) is 0 Å². The van der Waals surface area contributed by atoms with Gasteiger partial charge < -0.3 is 9.64 Å². The lowest BCUT2D eigenvalue weighted by molar-refractivity contribution is -0.145. The molecule has 1 saturated carbocycles. The smallest absolute Gasteiger partial charge is 0.320 e. The molecule has 0 radical (unpaired) electrons. The molecule has 0 aromatic rings. The predicted octanol–water partition coefficient (Wildman–Crippen LogP) is 1.66. The summed E-state index contributed by atoms with van der Waals surface area (Å²) in [6, 6.07) is 0.373. The van der Waals surface area contributed by atoms with E-state index in [-0.39, 0.29) is 18.4 Å². The molecular weight excluding hydrogens is 256 g/mol. The maximum absolute atomic E-state index is 12.3. The van der Waals surface area contributed by atoms with E-state index in [0.717, 1.165) is 12.8 Å². The molecule has 1 fully saturated rings. The summed E-state index contributed by atoms with van der Waals surface area (Å²) in [5, 5.41) is 0. The molecule has 5 nitrogen and oxygen atoms in total. The molecule has 1 amide bonds. The highest BCUT2D eigenvalue weighted by atomic mass is 16.5. The molecule has 0 atom stereocenters. The van der Waals surface area contributed by atoms with Gasteiger partial charge in [-0.2, -0.15) is 0 Å². The molecule has 5 heteroatoms. The van der Waals surface area contributed by atoms with Crippen molar-refractivity contribution in [2.24, 2.45) is 0 Å². The van der Waals surface area contributed by atoms with Crippen molar-refractivity contribution in [2.45, 2.75) is 52.0 Å². The Morgan fingerprint density at radius 1 is 1.10 bits per heavy atom. The largest absolute Gasteiger partial charge is 0.465 e. The second-order valence-corrected chi connectivity index (χ2v) is 5.40. The normalized spacial score (nSPS) is 16.2. The van der Waals surface area contributed by atoms with Gasteiger partial charge in [0.1, 0.15) is 0 Å². The fourth-order valence-corrected chi connectivity index (χ4v) is 2.64. The van der Waals surface area contributed by atoms with Crippen LogP contribution in [0.1, 0.15) is 46.0 Å². The second-order valence-electron chi connectivity index (χ2n) is 5.40. The van der Waals surface area contributed by atoms with Crippen molar-refractivity contribution in [1.29, 1.82) is 0 Å². The van der Waals surface area contributed by atoms with Crippen molar-refractivity contribution < 1.29 is 14.3 Å². The Hall–Kier alpha value is -1.10. The van der Waals surface area contributed by atoms with E-state index in [2.05, 4.69) is 0 Å². The third-order valence-corrected chi connectivity index (χ3v) is 3.98. The maximum atomic E-state index is 12.3. The monoisotopic (exact) mass is 284 g/mol. The molecule has 0 bridgehead atoms. The molecular formula is C15H28N2O3. The van der Waals surface area contributed by atoms with Gasteiger partial charge in [0, 0.05) is 13.1 Å². The third kappa shape index (κ3) is 5.49. The second kappa shape index (κ2) is 8.95. The maximum Gasteiger partial charge on any atom is 0.320 e. The summed E-state index contributed by atoms with van der Waals surface area (Å²) in [6.07, 6.45) is 5.91. The van der Waals surface area contributed by atoms with Crippen LogP contribution in [0.15, 0.2) is 0 Å². The number of carbonyl (C=O) groups is 2. The first-order valence-electron chi connectivity index (χ1n) is 7.72. The van der Waals surface area contributed by atoms with Crippen LogP contribution in [0.2, 0.25) is 0 Å². The van der Waals surface area contributed by atoms with Crippen LogP contribution in [0.4, 0.5) is 0 Å². The van der Waals surface area contributed by atoms with Crippen molar-refractivity contribution in [2.75, 3.05) is 33.3 Å². The number of amides is 1. The zero-order chi connectivity index (χ0) is 15.0. The molecule has 0 aromatic heterocycles. The molecule has 1 aliphatic carbocycles. The van der Waals surface area contributed by atoms with Crippen molar-refractivity contribution in [3.8, 4) is 0 Å². The molecule has 0 aromatic carbocycles. The first kappa shape index (κ1) is 17.0. The average Bonchev–Trinajstić information content (AvgIpc) is 2.46. The Kier molecular flexibility index (Phi) is 7.59. The number of esters is 1. The molecule has 1 aliphatic rings. The van der Waals surface area contributed by atoms with Crippen LogP contribution in [0.5, 0.6) is 0 Å². The lowest BCUT2D eigenvalue weighted by atomic mass is 9.94. The van der Waals surface area contributed by atoms with Crippen LogP contribution in [0, 0.1) is 0 Å². The third-order valence-electron chi connectivity index (χ3n) is 3.98. The highest BCUT2D eigenvalue weighted by Crippen LogP contribution is 2.21. The van der Waals surface area contributed by atoms with Crippen LogP contribution in [-0.2, 0) is 14.3 Å². The van der Waals surface area contributed by atoms with Gasteiger partial charge in [-0.25, -0.2) is 0 Å². The summed E-state index contributed by atoms with van der Waals surface area (Å²) in [7, 11) is 1.89. The summed E-state index contributed by atoms with van der Waals surface area (Å²) in [4.78, 5) is 27.5. The summed E-state index contributed by atoms with van der Waals surface area (Å²) in [5.41, 5.74) is 0. The number of hydrogen-bond donors (Lipinski definition) is 0. The lowest BCUT2D eigenvalue weighted by Crippen LogP contribution is -2.45. The number of rotatable bonds is 7. The van der Waals surface area contributed by atoms with E-state index in [0.29, 0.717) is 25.7 Å². The van der Waals surface area contributed by atoms with Gasteiger partial charge in [-0.3, -0.25) is 14.5 Å². The van der Waals surface area contributed by atoms with Crippen molar-refractivity contribution in [3.05, 3.63) is 0 Å².